The molecule has 94 valence electrons. The summed E-state index contributed by atoms with van der Waals surface area (Å²) in [5.41, 5.74) is 2.49. The SMILES string of the molecule is FC1(F)CCC(Cn2cnc3c2CCCC3)C1. The van der Waals surface area contributed by atoms with E-state index in [-0.39, 0.29) is 18.8 Å². The smallest absolute Gasteiger partial charge is 0.248 e. The van der Waals surface area contributed by atoms with Crippen LogP contribution in [0, 0.1) is 5.92 Å². The second kappa shape index (κ2) is 4.07. The fourth-order valence-corrected chi connectivity index (χ4v) is 3.16. The summed E-state index contributed by atoms with van der Waals surface area (Å²) in [4.78, 5) is 4.41. The van der Waals surface area contributed by atoms with Gasteiger partial charge in [-0.1, -0.05) is 0 Å². The minimum atomic E-state index is -2.43. The number of rotatable bonds is 2. The van der Waals surface area contributed by atoms with E-state index in [2.05, 4.69) is 9.55 Å². The highest BCUT2D eigenvalue weighted by atomic mass is 19.3. The van der Waals surface area contributed by atoms with Crippen molar-refractivity contribution in [2.75, 3.05) is 0 Å². The first-order valence-electron chi connectivity index (χ1n) is 6.55. The third kappa shape index (κ3) is 2.22. The van der Waals surface area contributed by atoms with Crippen LogP contribution >= 0.6 is 0 Å². The maximum atomic E-state index is 13.1. The molecule has 2 nitrogen and oxygen atoms in total. The molecule has 3 rings (SSSR count). The number of halogens is 2. The lowest BCUT2D eigenvalue weighted by atomic mass is 10.0. The first-order valence-corrected chi connectivity index (χ1v) is 6.55. The molecule has 17 heavy (non-hydrogen) atoms. The number of hydrogen-bond acceptors (Lipinski definition) is 1. The Labute approximate surface area is 100 Å². The maximum Gasteiger partial charge on any atom is 0.248 e. The molecule has 0 aliphatic heterocycles. The summed E-state index contributed by atoms with van der Waals surface area (Å²) in [5.74, 6) is -2.30. The van der Waals surface area contributed by atoms with Gasteiger partial charge in [0.05, 0.1) is 12.0 Å². The van der Waals surface area contributed by atoms with Gasteiger partial charge in [0.2, 0.25) is 5.92 Å². The van der Waals surface area contributed by atoms with Gasteiger partial charge in [0.15, 0.2) is 0 Å². The molecule has 1 heterocycles. The van der Waals surface area contributed by atoms with Crippen molar-refractivity contribution in [3.63, 3.8) is 0 Å². The molecule has 0 saturated heterocycles. The number of aryl methyl sites for hydroxylation is 1. The van der Waals surface area contributed by atoms with Crippen molar-refractivity contribution < 1.29 is 8.78 Å². The molecule has 2 aliphatic rings. The van der Waals surface area contributed by atoms with E-state index in [1.165, 1.54) is 24.2 Å². The number of aromatic nitrogens is 2. The highest BCUT2D eigenvalue weighted by molar-refractivity contribution is 5.16. The molecule has 2 aliphatic carbocycles. The van der Waals surface area contributed by atoms with E-state index in [4.69, 9.17) is 0 Å². The van der Waals surface area contributed by atoms with Crippen LogP contribution in [0.1, 0.15) is 43.5 Å². The van der Waals surface area contributed by atoms with Crippen molar-refractivity contribution >= 4 is 0 Å². The molecule has 1 atom stereocenters. The fraction of sp³-hybridized carbons (Fsp3) is 0.769. The molecular weight excluding hydrogens is 222 g/mol. The predicted molar refractivity (Wildman–Crippen MR) is 61.2 cm³/mol. The van der Waals surface area contributed by atoms with E-state index in [1.807, 2.05) is 6.33 Å². The van der Waals surface area contributed by atoms with Crippen molar-refractivity contribution in [1.82, 2.24) is 9.55 Å². The second-order valence-electron chi connectivity index (χ2n) is 5.46. The van der Waals surface area contributed by atoms with Crippen LogP contribution in [0.25, 0.3) is 0 Å². The molecule has 0 N–H and O–H groups in total. The third-order valence-corrected chi connectivity index (χ3v) is 4.07. The molecule has 1 fully saturated rings. The number of fused-ring (bicyclic) bond motifs is 1. The Kier molecular flexibility index (Phi) is 2.68. The Morgan fingerprint density at radius 2 is 2.18 bits per heavy atom. The molecule has 1 unspecified atom stereocenters. The quantitative estimate of drug-likeness (QED) is 0.776. The summed E-state index contributed by atoms with van der Waals surface area (Å²) in [6, 6.07) is 0. The van der Waals surface area contributed by atoms with Crippen LogP contribution in [0.3, 0.4) is 0 Å². The lowest BCUT2D eigenvalue weighted by Crippen LogP contribution is -2.15. The van der Waals surface area contributed by atoms with Crippen LogP contribution in [-0.4, -0.2) is 15.5 Å². The zero-order chi connectivity index (χ0) is 11.9. The van der Waals surface area contributed by atoms with Crippen LogP contribution in [0.5, 0.6) is 0 Å². The Balaban J connectivity index is 1.71. The summed E-state index contributed by atoms with van der Waals surface area (Å²) in [6.07, 6.45) is 7.17. The first kappa shape index (κ1) is 11.2. The Morgan fingerprint density at radius 1 is 1.35 bits per heavy atom. The van der Waals surface area contributed by atoms with Gasteiger partial charge in [-0.25, -0.2) is 13.8 Å². The molecule has 0 bridgehead atoms. The van der Waals surface area contributed by atoms with Crippen molar-refractivity contribution in [1.29, 1.82) is 0 Å². The maximum absolute atomic E-state index is 13.1. The molecule has 1 aromatic heterocycles. The summed E-state index contributed by atoms with van der Waals surface area (Å²) in [5, 5.41) is 0. The van der Waals surface area contributed by atoms with Gasteiger partial charge in [0.1, 0.15) is 0 Å². The topological polar surface area (TPSA) is 17.8 Å². The molecule has 1 saturated carbocycles. The zero-order valence-electron chi connectivity index (χ0n) is 9.96. The summed E-state index contributed by atoms with van der Waals surface area (Å²) in [7, 11) is 0. The molecule has 0 amide bonds. The van der Waals surface area contributed by atoms with Crippen molar-refractivity contribution in [3.05, 3.63) is 17.7 Å². The third-order valence-electron chi connectivity index (χ3n) is 4.07. The minimum absolute atomic E-state index is 0.0555. The molecule has 0 radical (unpaired) electrons. The van der Waals surface area contributed by atoms with Crippen molar-refractivity contribution in [3.8, 4) is 0 Å². The van der Waals surface area contributed by atoms with E-state index >= 15 is 0 Å². The largest absolute Gasteiger partial charge is 0.334 e. The van der Waals surface area contributed by atoms with Crippen LogP contribution < -0.4 is 0 Å². The molecule has 4 heteroatoms. The number of hydrogen-bond donors (Lipinski definition) is 0. The van der Waals surface area contributed by atoms with Gasteiger partial charge in [0.25, 0.3) is 0 Å². The van der Waals surface area contributed by atoms with Crippen LogP contribution in [-0.2, 0) is 19.4 Å². The number of imidazole rings is 1. The monoisotopic (exact) mass is 240 g/mol. The normalized spacial score (nSPS) is 27.1. The number of alkyl halides is 2. The molecule has 0 aromatic carbocycles. The minimum Gasteiger partial charge on any atom is -0.334 e. The van der Waals surface area contributed by atoms with Crippen molar-refractivity contribution in [2.24, 2.45) is 5.92 Å². The summed E-state index contributed by atoms with van der Waals surface area (Å²) >= 11 is 0. The standard InChI is InChI=1S/C13H18F2N2/c14-13(15)6-5-10(7-13)8-17-9-16-11-3-1-2-4-12(11)17/h9-10H,1-8H2. The zero-order valence-corrected chi connectivity index (χ0v) is 9.96. The summed E-state index contributed by atoms with van der Waals surface area (Å²) in [6.45, 7) is 0.734. The van der Waals surface area contributed by atoms with Gasteiger partial charge < -0.3 is 4.57 Å². The Morgan fingerprint density at radius 3 is 2.94 bits per heavy atom. The van der Waals surface area contributed by atoms with E-state index < -0.39 is 5.92 Å². The average Bonchev–Trinajstić information content (AvgIpc) is 2.84. The van der Waals surface area contributed by atoms with Gasteiger partial charge in [-0.15, -0.1) is 0 Å². The van der Waals surface area contributed by atoms with Gasteiger partial charge in [-0.3, -0.25) is 0 Å². The molecular formula is C13H18F2N2. The van der Waals surface area contributed by atoms with Gasteiger partial charge in [-0.05, 0) is 38.0 Å². The van der Waals surface area contributed by atoms with Gasteiger partial charge >= 0.3 is 0 Å². The van der Waals surface area contributed by atoms with E-state index in [1.54, 1.807) is 0 Å². The van der Waals surface area contributed by atoms with Crippen LogP contribution in [0.2, 0.25) is 0 Å². The lowest BCUT2D eigenvalue weighted by Gasteiger charge is -2.17. The average molecular weight is 240 g/mol. The van der Waals surface area contributed by atoms with Crippen LogP contribution in [0.15, 0.2) is 6.33 Å². The number of nitrogens with zero attached hydrogens (tertiary/aromatic N) is 2. The second-order valence-corrected chi connectivity index (χ2v) is 5.46. The van der Waals surface area contributed by atoms with Crippen molar-refractivity contribution in [2.45, 2.75) is 57.4 Å². The molecule has 1 aromatic rings. The lowest BCUT2D eigenvalue weighted by molar-refractivity contribution is 0.00433. The van der Waals surface area contributed by atoms with E-state index in [0.717, 1.165) is 19.4 Å². The fourth-order valence-electron chi connectivity index (χ4n) is 3.16. The van der Waals surface area contributed by atoms with Gasteiger partial charge in [-0.2, -0.15) is 0 Å². The Bertz CT molecular complexity index is 412. The molecule has 0 spiro atoms. The Hall–Kier alpha value is -0.930. The van der Waals surface area contributed by atoms with Crippen LogP contribution in [0.4, 0.5) is 8.78 Å². The highest BCUT2D eigenvalue weighted by Gasteiger charge is 2.39. The van der Waals surface area contributed by atoms with E-state index in [9.17, 15) is 8.78 Å². The highest BCUT2D eigenvalue weighted by Crippen LogP contribution is 2.39. The first-order chi connectivity index (χ1) is 8.14. The predicted octanol–water partition coefficient (Wildman–Crippen LogP) is 3.20. The summed E-state index contributed by atoms with van der Waals surface area (Å²) < 4.78 is 28.4. The van der Waals surface area contributed by atoms with E-state index in [0.29, 0.717) is 6.42 Å². The van der Waals surface area contributed by atoms with Gasteiger partial charge in [0, 0.05) is 25.1 Å².